The van der Waals surface area contributed by atoms with Gasteiger partial charge >= 0.3 is 0 Å². The van der Waals surface area contributed by atoms with E-state index in [0.29, 0.717) is 0 Å². The van der Waals surface area contributed by atoms with Gasteiger partial charge in [-0.2, -0.15) is 0 Å². The van der Waals surface area contributed by atoms with Crippen molar-refractivity contribution in [1.29, 1.82) is 0 Å². The Morgan fingerprint density at radius 3 is 2.68 bits per heavy atom. The van der Waals surface area contributed by atoms with Crippen LogP contribution in [0.25, 0.3) is 11.2 Å². The molecule has 3 rings (SSSR count). The van der Waals surface area contributed by atoms with Gasteiger partial charge < -0.3 is 29.9 Å². The van der Waals surface area contributed by atoms with Crippen molar-refractivity contribution in [1.82, 2.24) is 19.5 Å². The Balaban J connectivity index is 1.86. The molecule has 1 aliphatic heterocycles. The highest BCUT2D eigenvalue weighted by Gasteiger charge is 2.44. The summed E-state index contributed by atoms with van der Waals surface area (Å²) in [5.41, 5.74) is 0.529. The third-order valence-corrected chi connectivity index (χ3v) is 4.50. The van der Waals surface area contributed by atoms with E-state index in [9.17, 15) is 23.2 Å². The number of aliphatic hydroxyl groups is 3. The molecule has 0 bridgehead atoms. The Bertz CT molecular complexity index is 857. The fraction of sp³-hybridized carbons (Fsp3) is 0.583. The van der Waals surface area contributed by atoms with Gasteiger partial charge in [0.1, 0.15) is 24.6 Å². The van der Waals surface area contributed by atoms with Crippen LogP contribution in [0, 0.1) is 0 Å². The molecule has 3 heterocycles. The second-order valence-corrected chi connectivity index (χ2v) is 6.99. The minimum Gasteiger partial charge on any atom is -0.748 e. The molecular weight excluding hydrogens is 358 g/mol. The lowest BCUT2D eigenvalue weighted by atomic mass is 10.1. The predicted octanol–water partition coefficient (Wildman–Crippen LogP) is -2.61. The molecule has 1 aliphatic rings. The van der Waals surface area contributed by atoms with E-state index in [1.54, 1.807) is 0 Å². The molecule has 4 N–H and O–H groups in total. The average Bonchev–Trinajstić information content (AvgIpc) is 3.09. The second-order valence-electron chi connectivity index (χ2n) is 5.46. The molecule has 1 saturated heterocycles. The van der Waals surface area contributed by atoms with Crippen molar-refractivity contribution < 1.29 is 33.0 Å². The first kappa shape index (κ1) is 17.9. The Morgan fingerprint density at radius 1 is 1.28 bits per heavy atom. The van der Waals surface area contributed by atoms with Crippen LogP contribution in [-0.2, 0) is 14.9 Å². The Hall–Kier alpha value is -1.90. The Labute approximate surface area is 141 Å². The molecule has 0 aliphatic carbocycles. The van der Waals surface area contributed by atoms with Gasteiger partial charge in [-0.05, 0) is 0 Å². The number of rotatable bonds is 6. The van der Waals surface area contributed by atoms with Crippen LogP contribution in [-0.4, -0.2) is 85.0 Å². The molecule has 1 unspecified atom stereocenters. The topological polar surface area (TPSA) is 183 Å². The number of imidazole rings is 1. The summed E-state index contributed by atoms with van der Waals surface area (Å²) in [5, 5.41) is 31.8. The summed E-state index contributed by atoms with van der Waals surface area (Å²) in [6.07, 6.45) is -2.02. The van der Waals surface area contributed by atoms with Gasteiger partial charge in [-0.15, -0.1) is 0 Å². The third kappa shape index (κ3) is 3.56. The zero-order valence-electron chi connectivity index (χ0n) is 12.8. The highest BCUT2D eigenvalue weighted by atomic mass is 32.2. The van der Waals surface area contributed by atoms with Crippen molar-refractivity contribution in [2.24, 2.45) is 0 Å². The van der Waals surface area contributed by atoms with Gasteiger partial charge in [-0.1, -0.05) is 0 Å². The quantitative estimate of drug-likeness (QED) is 0.389. The van der Waals surface area contributed by atoms with E-state index >= 15 is 0 Å². The first-order valence-corrected chi connectivity index (χ1v) is 8.87. The smallest absolute Gasteiger partial charge is 0.167 e. The molecule has 0 radical (unpaired) electrons. The van der Waals surface area contributed by atoms with Crippen LogP contribution in [0.2, 0.25) is 0 Å². The highest BCUT2D eigenvalue weighted by molar-refractivity contribution is 7.85. The van der Waals surface area contributed by atoms with Crippen LogP contribution in [0.4, 0.5) is 5.82 Å². The first-order valence-electron chi connectivity index (χ1n) is 7.29. The highest BCUT2D eigenvalue weighted by Crippen LogP contribution is 2.31. The number of fused-ring (bicyclic) bond motifs is 1. The van der Waals surface area contributed by atoms with E-state index in [1.807, 2.05) is 0 Å². The van der Waals surface area contributed by atoms with Gasteiger partial charge in [-0.25, -0.2) is 23.4 Å². The monoisotopic (exact) mass is 374 g/mol. The zero-order chi connectivity index (χ0) is 18.2. The molecule has 138 valence electrons. The molecular formula is C12H16N5O7S-. The Morgan fingerprint density at radius 2 is 2.04 bits per heavy atom. The molecule has 2 aromatic heterocycles. The molecule has 12 nitrogen and oxygen atoms in total. The molecule has 13 heteroatoms. The van der Waals surface area contributed by atoms with Gasteiger partial charge in [0.15, 0.2) is 23.2 Å². The van der Waals surface area contributed by atoms with Crippen molar-refractivity contribution in [3.05, 3.63) is 12.7 Å². The lowest BCUT2D eigenvalue weighted by molar-refractivity contribution is -0.0511. The van der Waals surface area contributed by atoms with Crippen molar-refractivity contribution in [2.75, 3.05) is 24.2 Å². The minimum atomic E-state index is -4.36. The van der Waals surface area contributed by atoms with E-state index in [1.165, 1.54) is 17.2 Å². The third-order valence-electron chi connectivity index (χ3n) is 3.79. The SMILES string of the molecule is O=S(=O)([O-])CCNc1ncnc2c1ncn2C1O[C@H](CO)[C@@H](O)[C@H]1O. The van der Waals surface area contributed by atoms with Crippen LogP contribution in [0.5, 0.6) is 0 Å². The predicted molar refractivity (Wildman–Crippen MR) is 81.4 cm³/mol. The summed E-state index contributed by atoms with van der Waals surface area (Å²) >= 11 is 0. The summed E-state index contributed by atoms with van der Waals surface area (Å²) < 4.78 is 38.8. The fourth-order valence-electron chi connectivity index (χ4n) is 2.57. The number of hydrogen-bond donors (Lipinski definition) is 4. The molecule has 2 aromatic rings. The van der Waals surface area contributed by atoms with E-state index in [2.05, 4.69) is 20.3 Å². The summed E-state index contributed by atoms with van der Waals surface area (Å²) in [6, 6.07) is 0. The van der Waals surface area contributed by atoms with Crippen LogP contribution >= 0.6 is 0 Å². The Kier molecular flexibility index (Phi) is 4.86. The average molecular weight is 374 g/mol. The van der Waals surface area contributed by atoms with Gasteiger partial charge in [0.2, 0.25) is 0 Å². The van der Waals surface area contributed by atoms with Crippen LogP contribution in [0.15, 0.2) is 12.7 Å². The minimum absolute atomic E-state index is 0.154. The molecule has 0 spiro atoms. The number of aromatic nitrogens is 4. The fourth-order valence-corrected chi connectivity index (χ4v) is 2.92. The largest absolute Gasteiger partial charge is 0.748 e. The standard InChI is InChI=1S/C12H17N5O7S/c18-3-6-8(19)9(20)12(24-6)17-5-16-7-10(14-4-15-11(7)17)13-1-2-25(21,22)23/h4-6,8-9,12,18-20H,1-3H2,(H,13,14,15)(H,21,22,23)/p-1/t6-,8-,9-,12?/m1/s1. The van der Waals surface area contributed by atoms with Crippen molar-refractivity contribution in [3.63, 3.8) is 0 Å². The van der Waals surface area contributed by atoms with E-state index in [4.69, 9.17) is 9.84 Å². The number of anilines is 1. The van der Waals surface area contributed by atoms with Crippen LogP contribution < -0.4 is 5.32 Å². The molecule has 1 fully saturated rings. The van der Waals surface area contributed by atoms with E-state index in [-0.39, 0.29) is 23.5 Å². The normalized spacial score (nSPS) is 27.0. The van der Waals surface area contributed by atoms with Crippen molar-refractivity contribution in [2.45, 2.75) is 24.5 Å². The lowest BCUT2D eigenvalue weighted by Gasteiger charge is -2.16. The number of nitrogens with zero attached hydrogens (tertiary/aromatic N) is 4. The molecule has 25 heavy (non-hydrogen) atoms. The second kappa shape index (κ2) is 6.78. The van der Waals surface area contributed by atoms with Crippen molar-refractivity contribution in [3.8, 4) is 0 Å². The van der Waals surface area contributed by atoms with E-state index in [0.717, 1.165) is 0 Å². The van der Waals surface area contributed by atoms with Crippen molar-refractivity contribution >= 4 is 27.1 Å². The van der Waals surface area contributed by atoms with Gasteiger partial charge in [0.05, 0.1) is 28.8 Å². The lowest BCUT2D eigenvalue weighted by Crippen LogP contribution is -2.33. The molecule has 0 amide bonds. The summed E-state index contributed by atoms with van der Waals surface area (Å²) in [7, 11) is -4.36. The first-order chi connectivity index (χ1) is 11.8. The number of nitrogens with one attached hydrogen (secondary N) is 1. The van der Waals surface area contributed by atoms with Gasteiger partial charge in [0.25, 0.3) is 0 Å². The van der Waals surface area contributed by atoms with Gasteiger partial charge in [-0.3, -0.25) is 4.57 Å². The summed E-state index contributed by atoms with van der Waals surface area (Å²) in [4.78, 5) is 12.1. The number of aliphatic hydroxyl groups excluding tert-OH is 3. The maximum Gasteiger partial charge on any atom is 0.167 e. The zero-order valence-corrected chi connectivity index (χ0v) is 13.6. The maximum atomic E-state index is 10.7. The number of hydrogen-bond acceptors (Lipinski definition) is 11. The number of ether oxygens (including phenoxy) is 1. The molecule has 0 saturated carbocycles. The molecule has 0 aromatic carbocycles. The van der Waals surface area contributed by atoms with Crippen LogP contribution in [0.1, 0.15) is 6.23 Å². The van der Waals surface area contributed by atoms with Gasteiger partial charge in [0, 0.05) is 6.54 Å². The summed E-state index contributed by atoms with van der Waals surface area (Å²) in [5.74, 6) is -0.409. The van der Waals surface area contributed by atoms with E-state index < -0.39 is 47.0 Å². The molecule has 4 atom stereocenters. The van der Waals surface area contributed by atoms with Crippen LogP contribution in [0.3, 0.4) is 0 Å². The maximum absolute atomic E-state index is 10.7. The summed E-state index contributed by atoms with van der Waals surface area (Å²) in [6.45, 7) is -0.620.